The summed E-state index contributed by atoms with van der Waals surface area (Å²) < 4.78 is 18.6. The number of amides is 4. The smallest absolute Gasteiger partial charge is 0.325 e. The Hall–Kier alpha value is -3.49. The third-order valence-corrected chi connectivity index (χ3v) is 5.32. The van der Waals surface area contributed by atoms with Crippen LogP contribution in [0.4, 0.5) is 9.18 Å². The maximum Gasteiger partial charge on any atom is 0.325 e. The van der Waals surface area contributed by atoms with E-state index in [-0.39, 0.29) is 30.7 Å². The first-order valence-electron chi connectivity index (χ1n) is 9.64. The van der Waals surface area contributed by atoms with Crippen LogP contribution in [0.5, 0.6) is 11.6 Å². The second-order valence-electron chi connectivity index (χ2n) is 7.63. The fourth-order valence-corrected chi connectivity index (χ4v) is 3.44. The highest BCUT2D eigenvalue weighted by Crippen LogP contribution is 2.42. The van der Waals surface area contributed by atoms with Crippen LogP contribution >= 0.6 is 0 Å². The number of hydrogen-bond acceptors (Lipinski definition) is 5. The van der Waals surface area contributed by atoms with Crippen molar-refractivity contribution in [3.8, 4) is 11.6 Å². The molecule has 1 aliphatic carbocycles. The molecule has 1 aromatic heterocycles. The van der Waals surface area contributed by atoms with Gasteiger partial charge in [0.2, 0.25) is 11.8 Å². The second kappa shape index (κ2) is 7.74. The van der Waals surface area contributed by atoms with Gasteiger partial charge in [0.15, 0.2) is 0 Å². The van der Waals surface area contributed by atoms with Gasteiger partial charge in [-0.3, -0.25) is 14.5 Å². The molecule has 156 valence electrons. The summed E-state index contributed by atoms with van der Waals surface area (Å²) in [6.45, 7) is 1.55. The van der Waals surface area contributed by atoms with Gasteiger partial charge in [0.1, 0.15) is 23.7 Å². The zero-order valence-corrected chi connectivity index (χ0v) is 16.4. The van der Waals surface area contributed by atoms with E-state index in [1.807, 2.05) is 0 Å². The van der Waals surface area contributed by atoms with Crippen molar-refractivity contribution in [1.29, 1.82) is 0 Å². The van der Waals surface area contributed by atoms with Gasteiger partial charge in [0.05, 0.1) is 0 Å². The molecule has 0 bridgehead atoms. The highest BCUT2D eigenvalue weighted by Gasteiger charge is 2.56. The average Bonchev–Trinajstić information content (AvgIpc) is 3.55. The molecule has 0 radical (unpaired) electrons. The Bertz CT molecular complexity index is 993. The minimum absolute atomic E-state index is 0.137. The molecule has 1 saturated heterocycles. The number of aromatic nitrogens is 1. The molecule has 1 saturated carbocycles. The molecule has 4 amide bonds. The lowest BCUT2D eigenvalue weighted by atomic mass is 9.96. The third-order valence-electron chi connectivity index (χ3n) is 5.32. The van der Waals surface area contributed by atoms with E-state index in [9.17, 15) is 18.8 Å². The van der Waals surface area contributed by atoms with Crippen LogP contribution in [-0.2, 0) is 16.1 Å². The second-order valence-corrected chi connectivity index (χ2v) is 7.63. The van der Waals surface area contributed by atoms with E-state index in [2.05, 4.69) is 15.6 Å². The van der Waals surface area contributed by atoms with E-state index in [4.69, 9.17) is 4.74 Å². The van der Waals surface area contributed by atoms with E-state index in [0.717, 1.165) is 23.3 Å². The average molecular weight is 412 g/mol. The molecule has 2 heterocycles. The lowest BCUT2D eigenvalue weighted by molar-refractivity contribution is -0.135. The number of ether oxygens (including phenoxy) is 1. The van der Waals surface area contributed by atoms with E-state index in [1.165, 1.54) is 30.5 Å². The Kier molecular flexibility index (Phi) is 5.11. The summed E-state index contributed by atoms with van der Waals surface area (Å²) in [5.41, 5.74) is -0.190. The van der Waals surface area contributed by atoms with Crippen molar-refractivity contribution in [3.63, 3.8) is 0 Å². The van der Waals surface area contributed by atoms with Crippen molar-refractivity contribution in [2.75, 3.05) is 6.54 Å². The lowest BCUT2D eigenvalue weighted by Gasteiger charge is -2.20. The number of nitrogens with zero attached hydrogens (tertiary/aromatic N) is 2. The molecular weight excluding hydrogens is 391 g/mol. The highest BCUT2D eigenvalue weighted by molar-refractivity contribution is 6.09. The van der Waals surface area contributed by atoms with Gasteiger partial charge in [-0.1, -0.05) is 0 Å². The number of rotatable bonds is 7. The maximum absolute atomic E-state index is 13.0. The predicted octanol–water partition coefficient (Wildman–Crippen LogP) is 2.35. The van der Waals surface area contributed by atoms with Crippen LogP contribution in [0, 0.1) is 11.7 Å². The summed E-state index contributed by atoms with van der Waals surface area (Å²) in [5.74, 6) is -0.307. The number of hydrogen-bond donors (Lipinski definition) is 2. The van der Waals surface area contributed by atoms with E-state index in [1.54, 1.807) is 19.1 Å². The van der Waals surface area contributed by atoms with Crippen LogP contribution in [0.15, 0.2) is 42.6 Å². The van der Waals surface area contributed by atoms with Gasteiger partial charge < -0.3 is 15.4 Å². The quantitative estimate of drug-likeness (QED) is 0.680. The Morgan fingerprint density at radius 3 is 2.73 bits per heavy atom. The first-order chi connectivity index (χ1) is 14.3. The first kappa shape index (κ1) is 19.8. The largest absolute Gasteiger partial charge is 0.439 e. The summed E-state index contributed by atoms with van der Waals surface area (Å²) in [4.78, 5) is 42.1. The highest BCUT2D eigenvalue weighted by atomic mass is 19.1. The van der Waals surface area contributed by atoms with Gasteiger partial charge >= 0.3 is 6.03 Å². The minimum atomic E-state index is -0.908. The standard InChI is InChI=1S/C21H21FN4O4/c1-21(14-2-3-14)19(28)26(20(29)25-21)12-17(27)24-11-13-8-9-23-18(10-13)30-16-6-4-15(22)5-7-16/h4-10,14H,2-3,11-12H2,1H3,(H,24,27)(H,25,29). The van der Waals surface area contributed by atoms with Crippen molar-refractivity contribution in [2.24, 2.45) is 5.92 Å². The number of carbonyl (C=O) groups excluding carboxylic acids is 3. The molecule has 30 heavy (non-hydrogen) atoms. The van der Waals surface area contributed by atoms with Crippen LogP contribution in [0.1, 0.15) is 25.3 Å². The first-order valence-corrected chi connectivity index (χ1v) is 9.64. The van der Waals surface area contributed by atoms with Crippen LogP contribution in [-0.4, -0.2) is 39.8 Å². The summed E-state index contributed by atoms with van der Waals surface area (Å²) >= 11 is 0. The number of carbonyl (C=O) groups is 3. The molecule has 4 rings (SSSR count). The van der Waals surface area contributed by atoms with Gasteiger partial charge in [-0.15, -0.1) is 0 Å². The van der Waals surface area contributed by atoms with E-state index >= 15 is 0 Å². The van der Waals surface area contributed by atoms with Gasteiger partial charge in [-0.25, -0.2) is 14.2 Å². The van der Waals surface area contributed by atoms with Gasteiger partial charge in [0, 0.05) is 18.8 Å². The summed E-state index contributed by atoms with van der Waals surface area (Å²) in [5, 5.41) is 5.41. The molecule has 8 nitrogen and oxygen atoms in total. The molecule has 2 aromatic rings. The van der Waals surface area contributed by atoms with E-state index < -0.39 is 17.5 Å². The lowest BCUT2D eigenvalue weighted by Crippen LogP contribution is -2.46. The van der Waals surface area contributed by atoms with Crippen LogP contribution in [0.2, 0.25) is 0 Å². The van der Waals surface area contributed by atoms with Crippen molar-refractivity contribution < 1.29 is 23.5 Å². The Balaban J connectivity index is 1.32. The molecular formula is C21H21FN4O4. The Morgan fingerprint density at radius 1 is 1.30 bits per heavy atom. The Labute approximate surface area is 172 Å². The maximum atomic E-state index is 13.0. The SMILES string of the molecule is CC1(C2CC2)NC(=O)N(CC(=O)NCc2ccnc(Oc3ccc(F)cc3)c2)C1=O. The van der Waals surface area contributed by atoms with Crippen LogP contribution < -0.4 is 15.4 Å². The van der Waals surface area contributed by atoms with Crippen molar-refractivity contribution in [2.45, 2.75) is 31.8 Å². The third kappa shape index (κ3) is 4.10. The normalized spacial score (nSPS) is 20.8. The number of pyridine rings is 1. The van der Waals surface area contributed by atoms with Crippen molar-refractivity contribution >= 4 is 17.8 Å². The molecule has 2 fully saturated rings. The summed E-state index contributed by atoms with van der Waals surface area (Å²) in [7, 11) is 0. The fraction of sp³-hybridized carbons (Fsp3) is 0.333. The van der Waals surface area contributed by atoms with Crippen LogP contribution in [0.3, 0.4) is 0 Å². The fourth-order valence-electron chi connectivity index (χ4n) is 3.44. The number of nitrogens with one attached hydrogen (secondary N) is 2. The summed E-state index contributed by atoms with van der Waals surface area (Å²) in [6, 6.07) is 8.34. The van der Waals surface area contributed by atoms with Crippen LogP contribution in [0.25, 0.3) is 0 Å². The monoisotopic (exact) mass is 412 g/mol. The number of urea groups is 1. The minimum Gasteiger partial charge on any atom is -0.439 e. The zero-order valence-electron chi connectivity index (χ0n) is 16.4. The molecule has 1 unspecified atom stereocenters. The van der Waals surface area contributed by atoms with E-state index in [0.29, 0.717) is 11.6 Å². The molecule has 9 heteroatoms. The molecule has 2 aliphatic rings. The molecule has 2 N–H and O–H groups in total. The number of imide groups is 1. The van der Waals surface area contributed by atoms with Gasteiger partial charge in [-0.2, -0.15) is 0 Å². The molecule has 1 aliphatic heterocycles. The number of benzene rings is 1. The van der Waals surface area contributed by atoms with Gasteiger partial charge in [-0.05, 0) is 61.6 Å². The predicted molar refractivity (Wildman–Crippen MR) is 104 cm³/mol. The molecule has 1 atom stereocenters. The van der Waals surface area contributed by atoms with Crippen molar-refractivity contribution in [3.05, 3.63) is 54.0 Å². The molecule has 1 aromatic carbocycles. The van der Waals surface area contributed by atoms with Gasteiger partial charge in [0.25, 0.3) is 5.91 Å². The topological polar surface area (TPSA) is 101 Å². The summed E-state index contributed by atoms with van der Waals surface area (Å²) in [6.07, 6.45) is 3.32. The zero-order chi connectivity index (χ0) is 21.3. The Morgan fingerprint density at radius 2 is 2.03 bits per heavy atom. The molecule has 0 spiro atoms. The number of halogens is 1. The van der Waals surface area contributed by atoms with Crippen molar-refractivity contribution in [1.82, 2.24) is 20.5 Å².